The molecule has 1 aliphatic heterocycles. The number of urea groups is 1. The third-order valence-electron chi connectivity index (χ3n) is 3.00. The summed E-state index contributed by atoms with van der Waals surface area (Å²) >= 11 is 0. The van der Waals surface area contributed by atoms with Crippen molar-refractivity contribution in [3.05, 3.63) is 30.3 Å². The van der Waals surface area contributed by atoms with Gasteiger partial charge in [-0.1, -0.05) is 25.1 Å². The molecule has 4 heteroatoms. The molecule has 98 valence electrons. The van der Waals surface area contributed by atoms with E-state index in [2.05, 4.69) is 5.32 Å². The maximum atomic E-state index is 11.8. The molecule has 2 rings (SSSR count). The average molecular weight is 248 g/mol. The molecule has 2 amide bonds. The summed E-state index contributed by atoms with van der Waals surface area (Å²) in [5.41, 5.74) is 0. The molecule has 0 aliphatic carbocycles. The largest absolute Gasteiger partial charge is 0.489 e. The number of hydrogen-bond acceptors (Lipinski definition) is 2. The second kappa shape index (κ2) is 6.28. The van der Waals surface area contributed by atoms with Crippen LogP contribution >= 0.6 is 0 Å². The standard InChI is InChI=1S/C14H20N2O2/c1-2-9-15-14(17)16-10-8-13(11-16)18-12-6-4-3-5-7-12/h3-7,13H,2,8-11H2,1H3,(H,15,17). The quantitative estimate of drug-likeness (QED) is 0.888. The molecular formula is C14H20N2O2. The minimum Gasteiger partial charge on any atom is -0.489 e. The van der Waals surface area contributed by atoms with Gasteiger partial charge in [-0.3, -0.25) is 0 Å². The van der Waals surface area contributed by atoms with Crippen LogP contribution in [0.5, 0.6) is 5.75 Å². The Morgan fingerprint density at radius 1 is 1.44 bits per heavy atom. The Hall–Kier alpha value is -1.71. The molecule has 0 aromatic heterocycles. The molecule has 1 unspecified atom stereocenters. The molecule has 4 nitrogen and oxygen atoms in total. The predicted octanol–water partition coefficient (Wildman–Crippen LogP) is 2.26. The van der Waals surface area contributed by atoms with E-state index in [4.69, 9.17) is 4.74 Å². The van der Waals surface area contributed by atoms with E-state index in [9.17, 15) is 4.79 Å². The van der Waals surface area contributed by atoms with E-state index in [1.54, 1.807) is 0 Å². The SMILES string of the molecule is CCCNC(=O)N1CCC(Oc2ccccc2)C1. The first-order valence-electron chi connectivity index (χ1n) is 6.54. The Morgan fingerprint density at radius 3 is 2.94 bits per heavy atom. The predicted molar refractivity (Wildman–Crippen MR) is 70.7 cm³/mol. The van der Waals surface area contributed by atoms with Crippen LogP contribution in [0.1, 0.15) is 19.8 Å². The van der Waals surface area contributed by atoms with Crippen molar-refractivity contribution in [1.29, 1.82) is 0 Å². The molecule has 1 aromatic rings. The van der Waals surface area contributed by atoms with Crippen molar-refractivity contribution in [2.45, 2.75) is 25.9 Å². The first-order chi connectivity index (χ1) is 8.79. The average Bonchev–Trinajstić information content (AvgIpc) is 2.86. The van der Waals surface area contributed by atoms with Gasteiger partial charge in [0.15, 0.2) is 0 Å². The van der Waals surface area contributed by atoms with Gasteiger partial charge in [-0.25, -0.2) is 4.79 Å². The van der Waals surface area contributed by atoms with Crippen molar-refractivity contribution in [3.63, 3.8) is 0 Å². The number of likely N-dealkylation sites (tertiary alicyclic amines) is 1. The lowest BCUT2D eigenvalue weighted by Crippen LogP contribution is -2.39. The molecule has 1 heterocycles. The molecule has 1 fully saturated rings. The molecule has 0 saturated carbocycles. The summed E-state index contributed by atoms with van der Waals surface area (Å²) in [7, 11) is 0. The molecule has 1 aromatic carbocycles. The first-order valence-corrected chi connectivity index (χ1v) is 6.54. The second-order valence-corrected chi connectivity index (χ2v) is 4.52. The molecule has 1 atom stereocenters. The number of ether oxygens (including phenoxy) is 1. The van der Waals surface area contributed by atoms with Gasteiger partial charge < -0.3 is 15.0 Å². The van der Waals surface area contributed by atoms with Crippen LogP contribution in [0.3, 0.4) is 0 Å². The summed E-state index contributed by atoms with van der Waals surface area (Å²) in [4.78, 5) is 13.6. The van der Waals surface area contributed by atoms with Crippen molar-refractivity contribution in [3.8, 4) is 5.75 Å². The lowest BCUT2D eigenvalue weighted by Gasteiger charge is -2.17. The Morgan fingerprint density at radius 2 is 2.22 bits per heavy atom. The van der Waals surface area contributed by atoms with E-state index in [-0.39, 0.29) is 12.1 Å². The molecule has 0 radical (unpaired) electrons. The van der Waals surface area contributed by atoms with E-state index in [1.165, 1.54) is 0 Å². The van der Waals surface area contributed by atoms with Gasteiger partial charge in [0.25, 0.3) is 0 Å². The van der Waals surface area contributed by atoms with Crippen molar-refractivity contribution < 1.29 is 9.53 Å². The molecular weight excluding hydrogens is 228 g/mol. The highest BCUT2D eigenvalue weighted by atomic mass is 16.5. The summed E-state index contributed by atoms with van der Waals surface area (Å²) in [6.45, 7) is 4.22. The van der Waals surface area contributed by atoms with Gasteiger partial charge >= 0.3 is 6.03 Å². The number of carbonyl (C=O) groups excluding carboxylic acids is 1. The number of rotatable bonds is 4. The van der Waals surface area contributed by atoms with Gasteiger partial charge in [0, 0.05) is 19.5 Å². The minimum absolute atomic E-state index is 0.0241. The number of carbonyl (C=O) groups is 1. The van der Waals surface area contributed by atoms with E-state index in [1.807, 2.05) is 42.2 Å². The fourth-order valence-electron chi connectivity index (χ4n) is 2.04. The summed E-state index contributed by atoms with van der Waals surface area (Å²) in [5.74, 6) is 0.873. The van der Waals surface area contributed by atoms with Gasteiger partial charge in [0.1, 0.15) is 11.9 Å². The van der Waals surface area contributed by atoms with E-state index in [0.717, 1.165) is 31.7 Å². The van der Waals surface area contributed by atoms with Crippen LogP contribution < -0.4 is 10.1 Å². The first kappa shape index (κ1) is 12.7. The van der Waals surface area contributed by atoms with Gasteiger partial charge in [0.05, 0.1) is 6.54 Å². The van der Waals surface area contributed by atoms with Crippen LogP contribution in [0, 0.1) is 0 Å². The van der Waals surface area contributed by atoms with Gasteiger partial charge in [0.2, 0.25) is 0 Å². The van der Waals surface area contributed by atoms with Crippen LogP contribution in [0.2, 0.25) is 0 Å². The molecule has 1 saturated heterocycles. The maximum absolute atomic E-state index is 11.8. The third-order valence-corrected chi connectivity index (χ3v) is 3.00. The van der Waals surface area contributed by atoms with E-state index < -0.39 is 0 Å². The smallest absolute Gasteiger partial charge is 0.317 e. The van der Waals surface area contributed by atoms with Gasteiger partial charge in [-0.05, 0) is 18.6 Å². The molecule has 1 aliphatic rings. The van der Waals surface area contributed by atoms with Crippen LogP contribution in [0.25, 0.3) is 0 Å². The zero-order valence-electron chi connectivity index (χ0n) is 10.8. The fraction of sp³-hybridized carbons (Fsp3) is 0.500. The number of nitrogens with one attached hydrogen (secondary N) is 1. The van der Waals surface area contributed by atoms with E-state index in [0.29, 0.717) is 6.54 Å². The normalized spacial score (nSPS) is 18.7. The van der Waals surface area contributed by atoms with Crippen LogP contribution in [0.15, 0.2) is 30.3 Å². The van der Waals surface area contributed by atoms with Crippen molar-refractivity contribution in [2.24, 2.45) is 0 Å². The summed E-state index contributed by atoms with van der Waals surface area (Å²) in [6, 6.07) is 9.79. The molecule has 18 heavy (non-hydrogen) atoms. The number of amides is 2. The summed E-state index contributed by atoms with van der Waals surface area (Å²) in [6.07, 6.45) is 1.97. The zero-order valence-corrected chi connectivity index (χ0v) is 10.8. The second-order valence-electron chi connectivity index (χ2n) is 4.52. The maximum Gasteiger partial charge on any atom is 0.317 e. The Bertz CT molecular complexity index is 381. The Balaban J connectivity index is 1.80. The van der Waals surface area contributed by atoms with Crippen molar-refractivity contribution >= 4 is 6.03 Å². The van der Waals surface area contributed by atoms with Gasteiger partial charge in [-0.2, -0.15) is 0 Å². The highest BCUT2D eigenvalue weighted by molar-refractivity contribution is 5.74. The lowest BCUT2D eigenvalue weighted by atomic mass is 10.3. The monoisotopic (exact) mass is 248 g/mol. The van der Waals surface area contributed by atoms with Gasteiger partial charge in [-0.15, -0.1) is 0 Å². The Labute approximate surface area is 108 Å². The number of hydrogen-bond donors (Lipinski definition) is 1. The number of benzene rings is 1. The van der Waals surface area contributed by atoms with Crippen molar-refractivity contribution in [1.82, 2.24) is 10.2 Å². The highest BCUT2D eigenvalue weighted by Gasteiger charge is 2.27. The third kappa shape index (κ3) is 3.39. The molecule has 0 spiro atoms. The van der Waals surface area contributed by atoms with Crippen LogP contribution in [-0.4, -0.2) is 36.7 Å². The summed E-state index contributed by atoms with van der Waals surface area (Å²) in [5, 5.41) is 2.89. The van der Waals surface area contributed by atoms with E-state index >= 15 is 0 Å². The highest BCUT2D eigenvalue weighted by Crippen LogP contribution is 2.17. The Kier molecular flexibility index (Phi) is 4.45. The lowest BCUT2D eigenvalue weighted by molar-refractivity contribution is 0.187. The summed E-state index contributed by atoms with van der Waals surface area (Å²) < 4.78 is 5.84. The fourth-order valence-corrected chi connectivity index (χ4v) is 2.04. The topological polar surface area (TPSA) is 41.6 Å². The number of nitrogens with zero attached hydrogens (tertiary/aromatic N) is 1. The zero-order chi connectivity index (χ0) is 12.8. The molecule has 0 bridgehead atoms. The van der Waals surface area contributed by atoms with Crippen LogP contribution in [-0.2, 0) is 0 Å². The molecule has 1 N–H and O–H groups in total. The number of para-hydroxylation sites is 1. The van der Waals surface area contributed by atoms with Crippen molar-refractivity contribution in [2.75, 3.05) is 19.6 Å². The minimum atomic E-state index is 0.0241. The van der Waals surface area contributed by atoms with Crippen LogP contribution in [0.4, 0.5) is 4.79 Å².